The van der Waals surface area contributed by atoms with Crippen molar-refractivity contribution in [3.05, 3.63) is 71.8 Å². The Morgan fingerprint density at radius 3 is 2.29 bits per heavy atom. The molecule has 1 amide bonds. The lowest BCUT2D eigenvalue weighted by Gasteiger charge is -2.28. The lowest BCUT2D eigenvalue weighted by molar-refractivity contribution is -0.121. The highest BCUT2D eigenvalue weighted by atomic mass is 32.2. The molecule has 0 bridgehead atoms. The van der Waals surface area contributed by atoms with E-state index < -0.39 is 16.1 Å². The number of sulfonamides is 1. The van der Waals surface area contributed by atoms with Crippen LogP contribution in [0.2, 0.25) is 0 Å². The summed E-state index contributed by atoms with van der Waals surface area (Å²) in [5.74, 6) is -0.188. The molecule has 1 heterocycles. The van der Waals surface area contributed by atoms with Crippen molar-refractivity contribution in [1.82, 2.24) is 9.62 Å². The smallest absolute Gasteiger partial charge is 0.222 e. The van der Waals surface area contributed by atoms with Crippen molar-refractivity contribution in [2.24, 2.45) is 0 Å². The molecule has 1 fully saturated rings. The van der Waals surface area contributed by atoms with E-state index in [-0.39, 0.29) is 24.6 Å². The van der Waals surface area contributed by atoms with Gasteiger partial charge in [-0.05, 0) is 11.1 Å². The number of carbonyl (C=O) groups is 1. The maximum Gasteiger partial charge on any atom is 0.222 e. The molecule has 0 aliphatic carbocycles. The molecule has 1 N–H and O–H groups in total. The predicted octanol–water partition coefficient (Wildman–Crippen LogP) is 2.08. The van der Waals surface area contributed by atoms with Crippen LogP contribution in [0.25, 0.3) is 0 Å². The summed E-state index contributed by atoms with van der Waals surface area (Å²) in [6.45, 7) is 0.608. The Bertz CT molecular complexity index is 792. The van der Waals surface area contributed by atoms with Crippen LogP contribution in [0.5, 0.6) is 0 Å². The monoisotopic (exact) mass is 344 g/mol. The van der Waals surface area contributed by atoms with Crippen molar-refractivity contribution in [1.29, 1.82) is 0 Å². The summed E-state index contributed by atoms with van der Waals surface area (Å²) in [6.07, 6.45) is 0.137. The van der Waals surface area contributed by atoms with Crippen LogP contribution < -0.4 is 5.32 Å². The number of hydrogen-bond acceptors (Lipinski definition) is 3. The van der Waals surface area contributed by atoms with E-state index in [1.807, 2.05) is 48.5 Å². The summed E-state index contributed by atoms with van der Waals surface area (Å²) in [4.78, 5) is 12.0. The van der Waals surface area contributed by atoms with Crippen LogP contribution >= 0.6 is 0 Å². The second-order valence-electron chi connectivity index (χ2n) is 5.83. The molecule has 0 saturated carbocycles. The minimum atomic E-state index is -3.54. The highest BCUT2D eigenvalue weighted by Crippen LogP contribution is 2.29. The zero-order chi connectivity index (χ0) is 17.0. The van der Waals surface area contributed by atoms with Gasteiger partial charge in [-0.3, -0.25) is 4.79 Å². The van der Waals surface area contributed by atoms with Crippen LogP contribution in [0.1, 0.15) is 23.6 Å². The van der Waals surface area contributed by atoms with E-state index in [4.69, 9.17) is 0 Å². The average molecular weight is 344 g/mol. The van der Waals surface area contributed by atoms with Gasteiger partial charge in [0, 0.05) is 19.5 Å². The van der Waals surface area contributed by atoms with Crippen LogP contribution in [0.3, 0.4) is 0 Å². The molecule has 0 unspecified atom stereocenters. The molecule has 2 aromatic rings. The van der Waals surface area contributed by atoms with E-state index in [1.54, 1.807) is 12.1 Å². The summed E-state index contributed by atoms with van der Waals surface area (Å²) in [5, 5.41) is 2.77. The summed E-state index contributed by atoms with van der Waals surface area (Å²) < 4.78 is 27.4. The standard InChI is InChI=1S/C18H20N2O3S/c21-18-13-17(16-9-5-2-6-10-16)20(12-11-19-18)24(22,23)14-15-7-3-1-4-8-15/h1-10,17H,11-14H2,(H,19,21)/t17-/m1/s1. The molecule has 1 aliphatic heterocycles. The van der Waals surface area contributed by atoms with Crippen LogP contribution in [-0.2, 0) is 20.6 Å². The normalized spacial score (nSPS) is 19.5. The van der Waals surface area contributed by atoms with E-state index in [9.17, 15) is 13.2 Å². The third kappa shape index (κ3) is 3.83. The third-order valence-corrected chi connectivity index (χ3v) is 5.96. The third-order valence-electron chi connectivity index (χ3n) is 4.11. The molecular weight excluding hydrogens is 324 g/mol. The molecule has 6 heteroatoms. The van der Waals surface area contributed by atoms with Gasteiger partial charge in [0.05, 0.1) is 11.8 Å². The van der Waals surface area contributed by atoms with Gasteiger partial charge < -0.3 is 5.32 Å². The Morgan fingerprint density at radius 1 is 1.00 bits per heavy atom. The second-order valence-corrected chi connectivity index (χ2v) is 7.75. The summed E-state index contributed by atoms with van der Waals surface area (Å²) in [5.41, 5.74) is 1.58. The van der Waals surface area contributed by atoms with Crippen molar-refractivity contribution in [2.75, 3.05) is 13.1 Å². The van der Waals surface area contributed by atoms with Gasteiger partial charge in [0.25, 0.3) is 0 Å². The number of nitrogens with zero attached hydrogens (tertiary/aromatic N) is 1. The van der Waals surface area contributed by atoms with Gasteiger partial charge in [-0.2, -0.15) is 4.31 Å². The fourth-order valence-corrected chi connectivity index (χ4v) is 4.70. The van der Waals surface area contributed by atoms with Crippen molar-refractivity contribution in [3.8, 4) is 0 Å². The van der Waals surface area contributed by atoms with Crippen LogP contribution in [-0.4, -0.2) is 31.7 Å². The Labute approximate surface area is 142 Å². The van der Waals surface area contributed by atoms with Crippen LogP contribution in [0.4, 0.5) is 0 Å². The van der Waals surface area contributed by atoms with Crippen LogP contribution in [0.15, 0.2) is 60.7 Å². The number of hydrogen-bond donors (Lipinski definition) is 1. The lowest BCUT2D eigenvalue weighted by atomic mass is 10.0. The molecule has 1 aliphatic rings. The number of rotatable bonds is 4. The topological polar surface area (TPSA) is 66.5 Å². The summed E-state index contributed by atoms with van der Waals surface area (Å²) >= 11 is 0. The maximum atomic E-state index is 13.0. The fraction of sp³-hybridized carbons (Fsp3) is 0.278. The van der Waals surface area contributed by atoms with Crippen LogP contribution in [0, 0.1) is 0 Å². The maximum absolute atomic E-state index is 13.0. The molecule has 1 saturated heterocycles. The predicted molar refractivity (Wildman–Crippen MR) is 92.6 cm³/mol. The van der Waals surface area contributed by atoms with Gasteiger partial charge in [0.1, 0.15) is 0 Å². The fourth-order valence-electron chi connectivity index (χ4n) is 2.97. The van der Waals surface area contributed by atoms with E-state index in [0.717, 1.165) is 11.1 Å². The van der Waals surface area contributed by atoms with Gasteiger partial charge in [0.15, 0.2) is 0 Å². The molecule has 5 nitrogen and oxygen atoms in total. The van der Waals surface area contributed by atoms with Gasteiger partial charge >= 0.3 is 0 Å². The first-order chi connectivity index (χ1) is 11.6. The van der Waals surface area contributed by atoms with Crippen molar-refractivity contribution < 1.29 is 13.2 Å². The molecule has 0 radical (unpaired) electrons. The first-order valence-electron chi connectivity index (χ1n) is 7.91. The quantitative estimate of drug-likeness (QED) is 0.923. The number of benzene rings is 2. The molecule has 0 spiro atoms. The number of carbonyl (C=O) groups excluding carboxylic acids is 1. The first-order valence-corrected chi connectivity index (χ1v) is 9.52. The van der Waals surface area contributed by atoms with Crippen molar-refractivity contribution >= 4 is 15.9 Å². The Hall–Kier alpha value is -2.18. The highest BCUT2D eigenvalue weighted by molar-refractivity contribution is 7.88. The van der Waals surface area contributed by atoms with E-state index in [1.165, 1.54) is 4.31 Å². The SMILES string of the molecule is O=C1C[C@H](c2ccccc2)N(S(=O)(=O)Cc2ccccc2)CCN1. The minimum Gasteiger partial charge on any atom is -0.355 e. The Balaban J connectivity index is 1.93. The lowest BCUT2D eigenvalue weighted by Crippen LogP contribution is -2.37. The van der Waals surface area contributed by atoms with Gasteiger partial charge in [-0.1, -0.05) is 60.7 Å². The number of nitrogens with one attached hydrogen (secondary N) is 1. The molecular formula is C18H20N2O3S. The van der Waals surface area contributed by atoms with Gasteiger partial charge in [0.2, 0.25) is 15.9 Å². The Morgan fingerprint density at radius 2 is 1.62 bits per heavy atom. The second kappa shape index (κ2) is 7.15. The van der Waals surface area contributed by atoms with Gasteiger partial charge in [-0.25, -0.2) is 8.42 Å². The van der Waals surface area contributed by atoms with Crippen molar-refractivity contribution in [2.45, 2.75) is 18.2 Å². The minimum absolute atomic E-state index is 0.0641. The van der Waals surface area contributed by atoms with Crippen molar-refractivity contribution in [3.63, 3.8) is 0 Å². The zero-order valence-corrected chi connectivity index (χ0v) is 14.1. The first kappa shape index (κ1) is 16.7. The number of amides is 1. The molecule has 0 aromatic heterocycles. The largest absolute Gasteiger partial charge is 0.355 e. The highest BCUT2D eigenvalue weighted by Gasteiger charge is 2.34. The van der Waals surface area contributed by atoms with E-state index in [0.29, 0.717) is 6.54 Å². The summed E-state index contributed by atoms with van der Waals surface area (Å²) in [6, 6.07) is 18.0. The molecule has 3 rings (SSSR count). The molecule has 1 atom stereocenters. The average Bonchev–Trinajstić information content (AvgIpc) is 2.78. The molecule has 126 valence electrons. The molecule has 24 heavy (non-hydrogen) atoms. The summed E-state index contributed by atoms with van der Waals surface area (Å²) in [7, 11) is -3.54. The van der Waals surface area contributed by atoms with E-state index >= 15 is 0 Å². The van der Waals surface area contributed by atoms with Gasteiger partial charge in [-0.15, -0.1) is 0 Å². The Kier molecular flexibility index (Phi) is 4.97. The zero-order valence-electron chi connectivity index (χ0n) is 13.3. The molecule has 2 aromatic carbocycles. The van der Waals surface area contributed by atoms with E-state index in [2.05, 4.69) is 5.32 Å².